The molecule has 0 radical (unpaired) electrons. The van der Waals surface area contributed by atoms with E-state index in [-0.39, 0.29) is 5.82 Å². The summed E-state index contributed by atoms with van der Waals surface area (Å²) in [5.74, 6) is 0.941. The summed E-state index contributed by atoms with van der Waals surface area (Å²) >= 11 is 5.87. The molecule has 3 rings (SSSR count). The van der Waals surface area contributed by atoms with Crippen molar-refractivity contribution in [3.05, 3.63) is 94.3 Å². The quantitative estimate of drug-likeness (QED) is 0.419. The Balaban J connectivity index is 1.57. The molecule has 0 spiro atoms. The second-order valence-corrected chi connectivity index (χ2v) is 6.48. The molecule has 0 unspecified atom stereocenters. The third-order valence-corrected chi connectivity index (χ3v) is 4.25. The highest BCUT2D eigenvalue weighted by Gasteiger charge is 2.06. The maximum atomic E-state index is 13.0. The van der Waals surface area contributed by atoms with Crippen LogP contribution in [-0.4, -0.2) is 13.3 Å². The number of methoxy groups -OCH3 is 1. The molecular weight excluding hydrogens is 379 g/mol. The molecule has 3 aromatic rings. The van der Waals surface area contributed by atoms with Gasteiger partial charge in [0.1, 0.15) is 12.4 Å². The van der Waals surface area contributed by atoms with Crippen LogP contribution in [0.3, 0.4) is 0 Å². The molecule has 144 valence electrons. The van der Waals surface area contributed by atoms with Crippen LogP contribution in [0.25, 0.3) is 0 Å². The molecule has 0 aliphatic carbocycles. The summed E-state index contributed by atoms with van der Waals surface area (Å²) in [6, 6.07) is 19.3. The van der Waals surface area contributed by atoms with Gasteiger partial charge in [-0.15, -0.1) is 0 Å². The zero-order valence-corrected chi connectivity index (χ0v) is 16.1. The molecule has 0 aliphatic rings. The van der Waals surface area contributed by atoms with Crippen LogP contribution in [0.5, 0.6) is 11.5 Å². The molecule has 0 bridgehead atoms. The zero-order chi connectivity index (χ0) is 19.8. The van der Waals surface area contributed by atoms with Gasteiger partial charge in [-0.3, -0.25) is 0 Å². The molecule has 0 amide bonds. The predicted molar refractivity (Wildman–Crippen MR) is 110 cm³/mol. The smallest absolute Gasteiger partial charge is 0.161 e. The predicted octanol–water partition coefficient (Wildman–Crippen LogP) is 5.19. The summed E-state index contributed by atoms with van der Waals surface area (Å²) in [4.78, 5) is 0. The van der Waals surface area contributed by atoms with E-state index in [0.717, 1.165) is 16.7 Å². The number of ether oxygens (including phenoxy) is 2. The number of hydrogen-bond donors (Lipinski definition) is 1. The number of halogens is 2. The van der Waals surface area contributed by atoms with Crippen molar-refractivity contribution in [3.8, 4) is 11.5 Å². The fourth-order valence-electron chi connectivity index (χ4n) is 2.48. The van der Waals surface area contributed by atoms with Crippen LogP contribution in [-0.2, 0) is 13.2 Å². The minimum absolute atomic E-state index is 0.269. The molecule has 0 saturated heterocycles. The van der Waals surface area contributed by atoms with Crippen molar-refractivity contribution in [2.45, 2.75) is 13.2 Å². The lowest BCUT2D eigenvalue weighted by Gasteiger charge is -2.11. The molecule has 3 aromatic carbocycles. The minimum Gasteiger partial charge on any atom is -0.493 e. The monoisotopic (exact) mass is 398 g/mol. The molecule has 6 heteroatoms. The largest absolute Gasteiger partial charge is 0.493 e. The molecule has 0 aromatic heterocycles. The van der Waals surface area contributed by atoms with Crippen molar-refractivity contribution >= 4 is 17.8 Å². The van der Waals surface area contributed by atoms with Gasteiger partial charge in [-0.25, -0.2) is 4.39 Å². The third-order valence-electron chi connectivity index (χ3n) is 4.00. The van der Waals surface area contributed by atoms with Crippen LogP contribution in [0.1, 0.15) is 16.7 Å². The normalized spacial score (nSPS) is 10.8. The average molecular weight is 399 g/mol. The lowest BCUT2D eigenvalue weighted by Crippen LogP contribution is -2.05. The highest BCUT2D eigenvalue weighted by atomic mass is 35.5. The lowest BCUT2D eigenvalue weighted by atomic mass is 10.2. The molecule has 0 heterocycles. The second kappa shape index (κ2) is 9.76. The van der Waals surface area contributed by atoms with Crippen molar-refractivity contribution in [1.82, 2.24) is 5.43 Å². The number of nitrogens with one attached hydrogen (secondary N) is 1. The lowest BCUT2D eigenvalue weighted by molar-refractivity contribution is 0.284. The fraction of sp³-hybridized carbons (Fsp3) is 0.136. The fourth-order valence-corrected chi connectivity index (χ4v) is 2.61. The minimum atomic E-state index is -0.269. The maximum Gasteiger partial charge on any atom is 0.161 e. The molecule has 4 nitrogen and oxygen atoms in total. The van der Waals surface area contributed by atoms with Gasteiger partial charge in [0, 0.05) is 5.02 Å². The average Bonchev–Trinajstić information content (AvgIpc) is 2.72. The Labute approximate surface area is 168 Å². The highest BCUT2D eigenvalue weighted by molar-refractivity contribution is 6.30. The number of rotatable bonds is 8. The van der Waals surface area contributed by atoms with Gasteiger partial charge in [0.05, 0.1) is 19.9 Å². The summed E-state index contributed by atoms with van der Waals surface area (Å²) in [6.07, 6.45) is 1.71. The summed E-state index contributed by atoms with van der Waals surface area (Å²) in [6.45, 7) is 0.927. The molecule has 0 fully saturated rings. The van der Waals surface area contributed by atoms with Crippen LogP contribution < -0.4 is 14.9 Å². The molecular formula is C22H20ClFN2O2. The standard InChI is InChI=1S/C22H20ClFN2O2/c1-27-22-12-18(14-26-25-13-16-2-7-19(23)8-3-16)6-11-21(22)28-15-17-4-9-20(24)10-5-17/h2-12,14,25H,13,15H2,1H3/b26-14-. The number of benzene rings is 3. The van der Waals surface area contributed by atoms with Crippen molar-refractivity contribution in [2.75, 3.05) is 7.11 Å². The summed E-state index contributed by atoms with van der Waals surface area (Å²) in [5.41, 5.74) is 5.83. The molecule has 0 saturated carbocycles. The Hall–Kier alpha value is -3.05. The molecule has 1 N–H and O–H groups in total. The van der Waals surface area contributed by atoms with E-state index in [0.29, 0.717) is 29.7 Å². The van der Waals surface area contributed by atoms with Gasteiger partial charge in [0.15, 0.2) is 11.5 Å². The third kappa shape index (κ3) is 5.72. The number of hydrogen-bond acceptors (Lipinski definition) is 4. The van der Waals surface area contributed by atoms with E-state index in [1.807, 2.05) is 42.5 Å². The highest BCUT2D eigenvalue weighted by Crippen LogP contribution is 2.28. The van der Waals surface area contributed by atoms with E-state index < -0.39 is 0 Å². The van der Waals surface area contributed by atoms with Gasteiger partial charge in [0.25, 0.3) is 0 Å². The Morgan fingerprint density at radius 3 is 2.39 bits per heavy atom. The maximum absolute atomic E-state index is 13.0. The first-order valence-electron chi connectivity index (χ1n) is 8.70. The SMILES string of the molecule is COc1cc(/C=N\NCc2ccc(Cl)cc2)ccc1OCc1ccc(F)cc1. The number of hydrazone groups is 1. The van der Waals surface area contributed by atoms with Gasteiger partial charge < -0.3 is 14.9 Å². The van der Waals surface area contributed by atoms with Crippen LogP contribution >= 0.6 is 11.6 Å². The first kappa shape index (κ1) is 19.7. The zero-order valence-electron chi connectivity index (χ0n) is 15.4. The first-order chi connectivity index (χ1) is 13.6. The summed E-state index contributed by atoms with van der Waals surface area (Å²) < 4.78 is 24.2. The van der Waals surface area contributed by atoms with Crippen molar-refractivity contribution in [1.29, 1.82) is 0 Å². The molecule has 0 atom stereocenters. The second-order valence-electron chi connectivity index (χ2n) is 6.04. The van der Waals surface area contributed by atoms with E-state index >= 15 is 0 Å². The van der Waals surface area contributed by atoms with Gasteiger partial charge in [0.2, 0.25) is 0 Å². The molecule has 0 aliphatic heterocycles. The van der Waals surface area contributed by atoms with Crippen LogP contribution in [0.4, 0.5) is 4.39 Å². The summed E-state index contributed by atoms with van der Waals surface area (Å²) in [5, 5.41) is 4.94. The van der Waals surface area contributed by atoms with Crippen molar-refractivity contribution < 1.29 is 13.9 Å². The van der Waals surface area contributed by atoms with Crippen molar-refractivity contribution in [2.24, 2.45) is 5.10 Å². The van der Waals surface area contributed by atoms with Crippen LogP contribution in [0, 0.1) is 5.82 Å². The Bertz CT molecular complexity index is 928. The van der Waals surface area contributed by atoms with Gasteiger partial charge in [-0.1, -0.05) is 35.9 Å². The van der Waals surface area contributed by atoms with Crippen LogP contribution in [0.15, 0.2) is 71.8 Å². The van der Waals surface area contributed by atoms with Gasteiger partial charge >= 0.3 is 0 Å². The van der Waals surface area contributed by atoms with Crippen LogP contribution in [0.2, 0.25) is 5.02 Å². The Morgan fingerprint density at radius 1 is 0.964 bits per heavy atom. The number of nitrogens with zero attached hydrogens (tertiary/aromatic N) is 1. The topological polar surface area (TPSA) is 42.8 Å². The van der Waals surface area contributed by atoms with E-state index in [1.165, 1.54) is 12.1 Å². The Morgan fingerprint density at radius 2 is 1.68 bits per heavy atom. The molecule has 28 heavy (non-hydrogen) atoms. The van der Waals surface area contributed by atoms with E-state index in [2.05, 4.69) is 10.5 Å². The Kier molecular flexibility index (Phi) is 6.87. The van der Waals surface area contributed by atoms with Gasteiger partial charge in [-0.2, -0.15) is 5.10 Å². The van der Waals surface area contributed by atoms with Crippen molar-refractivity contribution in [3.63, 3.8) is 0 Å². The first-order valence-corrected chi connectivity index (χ1v) is 9.07. The van der Waals surface area contributed by atoms with E-state index in [1.54, 1.807) is 25.5 Å². The van der Waals surface area contributed by atoms with E-state index in [9.17, 15) is 4.39 Å². The van der Waals surface area contributed by atoms with Gasteiger partial charge in [-0.05, 0) is 59.2 Å². The van der Waals surface area contributed by atoms with E-state index in [4.69, 9.17) is 21.1 Å². The summed E-state index contributed by atoms with van der Waals surface area (Å²) in [7, 11) is 1.58.